The predicted molar refractivity (Wildman–Crippen MR) is 125 cm³/mol. The molecule has 0 amide bonds. The Morgan fingerprint density at radius 3 is 2.38 bits per heavy atom. The molecule has 0 spiro atoms. The van der Waals surface area contributed by atoms with E-state index in [-0.39, 0.29) is 5.56 Å². The van der Waals surface area contributed by atoms with E-state index in [1.807, 2.05) is 4.57 Å². The van der Waals surface area contributed by atoms with Crippen LogP contribution in [0.2, 0.25) is 0 Å². The summed E-state index contributed by atoms with van der Waals surface area (Å²) in [5.74, 6) is 1.42. The number of nitrogens with zero attached hydrogens (tertiary/aromatic N) is 3. The zero-order chi connectivity index (χ0) is 21.0. The topological polar surface area (TPSA) is 38.1 Å². The van der Waals surface area contributed by atoms with Crippen molar-refractivity contribution in [1.29, 1.82) is 0 Å². The Morgan fingerprint density at radius 1 is 1.10 bits per heavy atom. The summed E-state index contributed by atoms with van der Waals surface area (Å²) in [6.45, 7) is 14.4. The lowest BCUT2D eigenvalue weighted by Crippen LogP contribution is -2.33. The van der Waals surface area contributed by atoms with E-state index in [1.165, 1.54) is 5.56 Å². The second kappa shape index (κ2) is 9.68. The van der Waals surface area contributed by atoms with Crippen LogP contribution in [-0.4, -0.2) is 34.1 Å². The highest BCUT2D eigenvalue weighted by atomic mass is 32.1. The number of aromatic nitrogens is 2. The van der Waals surface area contributed by atoms with Crippen LogP contribution in [0, 0.1) is 0 Å². The molecule has 5 heteroatoms. The van der Waals surface area contributed by atoms with Crippen molar-refractivity contribution < 1.29 is 0 Å². The van der Waals surface area contributed by atoms with Gasteiger partial charge >= 0.3 is 0 Å². The normalized spacial score (nSPS) is 11.8. The van der Waals surface area contributed by atoms with Crippen LogP contribution in [0.25, 0.3) is 21.3 Å². The molecule has 2 heterocycles. The van der Waals surface area contributed by atoms with Crippen LogP contribution in [0.3, 0.4) is 0 Å². The van der Waals surface area contributed by atoms with E-state index in [4.69, 9.17) is 4.98 Å². The van der Waals surface area contributed by atoms with Gasteiger partial charge in [0.15, 0.2) is 0 Å². The molecule has 0 N–H and O–H groups in total. The lowest BCUT2D eigenvalue weighted by Gasteiger charge is -2.20. The van der Waals surface area contributed by atoms with Crippen molar-refractivity contribution in [2.75, 3.05) is 19.6 Å². The van der Waals surface area contributed by atoms with Crippen LogP contribution in [0.5, 0.6) is 0 Å². The lowest BCUT2D eigenvalue weighted by atomic mass is 9.99. The Hall–Kier alpha value is -1.98. The zero-order valence-corrected chi connectivity index (χ0v) is 19.2. The van der Waals surface area contributed by atoms with Gasteiger partial charge in [0.25, 0.3) is 5.56 Å². The molecule has 156 valence electrons. The molecule has 0 radical (unpaired) electrons. The second-order valence-corrected chi connectivity index (χ2v) is 8.73. The molecule has 1 aromatic carbocycles. The number of hydrogen-bond donors (Lipinski definition) is 0. The van der Waals surface area contributed by atoms with Gasteiger partial charge in [-0.25, -0.2) is 4.98 Å². The summed E-state index contributed by atoms with van der Waals surface area (Å²) in [7, 11) is 0. The molecule has 2 aromatic heterocycles. The summed E-state index contributed by atoms with van der Waals surface area (Å²) in [5, 5.41) is 2.86. The van der Waals surface area contributed by atoms with Crippen LogP contribution in [0.15, 0.2) is 34.4 Å². The Kier molecular flexibility index (Phi) is 7.25. The van der Waals surface area contributed by atoms with Crippen molar-refractivity contribution >= 4 is 21.6 Å². The highest BCUT2D eigenvalue weighted by molar-refractivity contribution is 7.17. The molecule has 4 nitrogen and oxygen atoms in total. The average molecular weight is 412 g/mol. The van der Waals surface area contributed by atoms with E-state index >= 15 is 0 Å². The van der Waals surface area contributed by atoms with Gasteiger partial charge in [-0.3, -0.25) is 9.36 Å². The molecule has 0 saturated carbocycles. The molecule has 0 aliphatic carbocycles. The van der Waals surface area contributed by atoms with E-state index in [0.717, 1.165) is 59.6 Å². The maximum absolute atomic E-state index is 13.6. The first kappa shape index (κ1) is 21.7. The Bertz CT molecular complexity index is 997. The molecular formula is C24H33N3OS. The van der Waals surface area contributed by atoms with Crippen molar-refractivity contribution in [3.63, 3.8) is 0 Å². The summed E-state index contributed by atoms with van der Waals surface area (Å²) < 4.78 is 1.92. The smallest absolute Gasteiger partial charge is 0.262 e. The molecule has 3 aromatic rings. The number of likely N-dealkylation sites (N-methyl/N-ethyl adjacent to an activating group) is 1. The predicted octanol–water partition coefficient (Wildman–Crippen LogP) is 5.54. The van der Waals surface area contributed by atoms with Crippen molar-refractivity contribution in [2.45, 2.75) is 59.9 Å². The standard InChI is InChI=1S/C24H33N3OS/c1-6-9-21-25-23-22(24(28)27(21)15-14-26(7-2)8-3)20(16-29-23)19-12-10-18(11-13-19)17(4)5/h10-13,16-17H,6-9,14-15H2,1-5H3. The summed E-state index contributed by atoms with van der Waals surface area (Å²) in [4.78, 5) is 21.7. The molecule has 29 heavy (non-hydrogen) atoms. The summed E-state index contributed by atoms with van der Waals surface area (Å²) in [5.41, 5.74) is 3.53. The van der Waals surface area contributed by atoms with Gasteiger partial charge in [-0.15, -0.1) is 11.3 Å². The van der Waals surface area contributed by atoms with E-state index in [2.05, 4.69) is 69.2 Å². The van der Waals surface area contributed by atoms with Crippen molar-refractivity contribution in [2.24, 2.45) is 0 Å². The van der Waals surface area contributed by atoms with Gasteiger partial charge in [-0.2, -0.15) is 0 Å². The summed E-state index contributed by atoms with van der Waals surface area (Å²) in [6.07, 6.45) is 1.82. The van der Waals surface area contributed by atoms with E-state index in [0.29, 0.717) is 12.5 Å². The number of aryl methyl sites for hydroxylation is 1. The average Bonchev–Trinajstić information content (AvgIpc) is 3.15. The lowest BCUT2D eigenvalue weighted by molar-refractivity contribution is 0.287. The highest BCUT2D eigenvalue weighted by Gasteiger charge is 2.17. The molecule has 3 rings (SSSR count). The number of rotatable bonds is 9. The Morgan fingerprint density at radius 2 is 1.79 bits per heavy atom. The number of hydrogen-bond acceptors (Lipinski definition) is 4. The van der Waals surface area contributed by atoms with E-state index in [9.17, 15) is 4.79 Å². The molecule has 0 aliphatic rings. The Balaban J connectivity index is 2.07. The quantitative estimate of drug-likeness (QED) is 0.464. The van der Waals surface area contributed by atoms with Gasteiger partial charge in [0.05, 0.1) is 5.39 Å². The summed E-state index contributed by atoms with van der Waals surface area (Å²) >= 11 is 1.58. The van der Waals surface area contributed by atoms with Gasteiger partial charge in [-0.05, 0) is 36.6 Å². The van der Waals surface area contributed by atoms with Crippen LogP contribution in [0.4, 0.5) is 0 Å². The first-order chi connectivity index (χ1) is 14.0. The van der Waals surface area contributed by atoms with Crippen LogP contribution in [0.1, 0.15) is 58.3 Å². The summed E-state index contributed by atoms with van der Waals surface area (Å²) in [6, 6.07) is 8.61. The maximum atomic E-state index is 13.6. The molecule has 0 saturated heterocycles. The van der Waals surface area contributed by atoms with Gasteiger partial charge < -0.3 is 4.90 Å². The molecule has 0 unspecified atom stereocenters. The zero-order valence-electron chi connectivity index (χ0n) is 18.4. The molecular weight excluding hydrogens is 378 g/mol. The maximum Gasteiger partial charge on any atom is 0.262 e. The first-order valence-corrected chi connectivity index (χ1v) is 11.7. The van der Waals surface area contributed by atoms with Gasteiger partial charge in [-0.1, -0.05) is 58.9 Å². The van der Waals surface area contributed by atoms with E-state index < -0.39 is 0 Å². The van der Waals surface area contributed by atoms with Crippen molar-refractivity contribution in [3.8, 4) is 11.1 Å². The third kappa shape index (κ3) is 4.62. The fraction of sp³-hybridized carbons (Fsp3) is 0.500. The van der Waals surface area contributed by atoms with Crippen LogP contribution in [-0.2, 0) is 13.0 Å². The number of benzene rings is 1. The third-order valence-electron chi connectivity index (χ3n) is 5.67. The fourth-order valence-corrected chi connectivity index (χ4v) is 4.71. The van der Waals surface area contributed by atoms with Gasteiger partial charge in [0.1, 0.15) is 10.7 Å². The number of fused-ring (bicyclic) bond motifs is 1. The van der Waals surface area contributed by atoms with Crippen molar-refractivity contribution in [1.82, 2.24) is 14.5 Å². The molecule has 0 bridgehead atoms. The van der Waals surface area contributed by atoms with Gasteiger partial charge in [0, 0.05) is 30.5 Å². The minimum absolute atomic E-state index is 0.106. The molecule has 0 aliphatic heterocycles. The molecule has 0 fully saturated rings. The highest BCUT2D eigenvalue weighted by Crippen LogP contribution is 2.32. The Labute approximate surface area is 178 Å². The van der Waals surface area contributed by atoms with Crippen LogP contribution >= 0.6 is 11.3 Å². The SMILES string of the molecule is CCCc1nc2scc(-c3ccc(C(C)C)cc3)c2c(=O)n1CCN(CC)CC. The largest absolute Gasteiger partial charge is 0.302 e. The van der Waals surface area contributed by atoms with Crippen LogP contribution < -0.4 is 5.56 Å². The van der Waals surface area contributed by atoms with E-state index in [1.54, 1.807) is 11.3 Å². The third-order valence-corrected chi connectivity index (χ3v) is 6.54. The minimum Gasteiger partial charge on any atom is -0.302 e. The monoisotopic (exact) mass is 411 g/mol. The second-order valence-electron chi connectivity index (χ2n) is 7.87. The minimum atomic E-state index is 0.106. The molecule has 0 atom stereocenters. The fourth-order valence-electron chi connectivity index (χ4n) is 3.75. The van der Waals surface area contributed by atoms with Crippen molar-refractivity contribution in [3.05, 3.63) is 51.4 Å². The first-order valence-electron chi connectivity index (χ1n) is 10.8. The number of thiophene rings is 1. The van der Waals surface area contributed by atoms with Gasteiger partial charge in [0.2, 0.25) is 0 Å².